The maximum absolute atomic E-state index is 12.8. The van der Waals surface area contributed by atoms with Gasteiger partial charge in [0.25, 0.3) is 0 Å². The molecule has 1 atom stereocenters. The van der Waals surface area contributed by atoms with E-state index in [1.165, 1.54) is 11.8 Å². The molecule has 0 bridgehead atoms. The van der Waals surface area contributed by atoms with Crippen LogP contribution in [0.1, 0.15) is 18.1 Å². The van der Waals surface area contributed by atoms with Gasteiger partial charge in [-0.1, -0.05) is 47.6 Å². The number of carbonyl (C=O) groups excluding carboxylic acids is 1. The van der Waals surface area contributed by atoms with Crippen LogP contribution < -0.4 is 10.2 Å². The van der Waals surface area contributed by atoms with Crippen molar-refractivity contribution in [1.29, 1.82) is 0 Å². The van der Waals surface area contributed by atoms with Crippen molar-refractivity contribution in [2.45, 2.75) is 30.8 Å². The van der Waals surface area contributed by atoms with Gasteiger partial charge in [0.05, 0.1) is 24.2 Å². The molecule has 0 radical (unpaired) electrons. The highest BCUT2D eigenvalue weighted by Gasteiger charge is 2.25. The monoisotopic (exact) mass is 471 g/mol. The summed E-state index contributed by atoms with van der Waals surface area (Å²) in [5, 5.41) is 12.9. The minimum Gasteiger partial charge on any atom is -0.378 e. The van der Waals surface area contributed by atoms with Gasteiger partial charge in [-0.3, -0.25) is 9.36 Å². The van der Waals surface area contributed by atoms with E-state index in [0.717, 1.165) is 35.9 Å². The fourth-order valence-corrected chi connectivity index (χ4v) is 4.46. The van der Waals surface area contributed by atoms with Gasteiger partial charge in [-0.25, -0.2) is 0 Å². The highest BCUT2D eigenvalue weighted by molar-refractivity contribution is 8.00. The van der Waals surface area contributed by atoms with Crippen molar-refractivity contribution in [3.05, 3.63) is 64.7 Å². The third-order valence-electron chi connectivity index (χ3n) is 5.20. The van der Waals surface area contributed by atoms with Crippen molar-refractivity contribution in [1.82, 2.24) is 20.1 Å². The van der Waals surface area contributed by atoms with Gasteiger partial charge in [0.15, 0.2) is 5.16 Å². The molecule has 168 valence electrons. The summed E-state index contributed by atoms with van der Waals surface area (Å²) in [5.41, 5.74) is 3.12. The van der Waals surface area contributed by atoms with E-state index in [9.17, 15) is 4.79 Å². The van der Waals surface area contributed by atoms with Gasteiger partial charge in [-0.05, 0) is 49.2 Å². The van der Waals surface area contributed by atoms with Crippen molar-refractivity contribution in [2.24, 2.45) is 0 Å². The average molecular weight is 472 g/mol. The number of ether oxygens (including phenoxy) is 1. The first-order valence-electron chi connectivity index (χ1n) is 10.6. The molecule has 0 saturated carbocycles. The molecule has 1 N–H and O–H groups in total. The van der Waals surface area contributed by atoms with Crippen molar-refractivity contribution in [3.63, 3.8) is 0 Å². The largest absolute Gasteiger partial charge is 0.378 e. The Kier molecular flexibility index (Phi) is 7.34. The average Bonchev–Trinajstić information content (AvgIpc) is 3.22. The Morgan fingerprint density at radius 3 is 2.66 bits per heavy atom. The van der Waals surface area contributed by atoms with Gasteiger partial charge in [-0.2, -0.15) is 0 Å². The molecule has 3 aromatic rings. The van der Waals surface area contributed by atoms with Crippen LogP contribution in [-0.4, -0.2) is 52.2 Å². The lowest BCUT2D eigenvalue weighted by Gasteiger charge is -2.28. The summed E-state index contributed by atoms with van der Waals surface area (Å²) in [7, 11) is 0. The first-order valence-corrected chi connectivity index (χ1v) is 11.8. The molecule has 9 heteroatoms. The minimum atomic E-state index is -0.340. The van der Waals surface area contributed by atoms with Gasteiger partial charge in [0.1, 0.15) is 0 Å². The third-order valence-corrected chi connectivity index (χ3v) is 6.50. The first kappa shape index (κ1) is 22.6. The summed E-state index contributed by atoms with van der Waals surface area (Å²) < 4.78 is 7.53. The smallest absolute Gasteiger partial charge is 0.233 e. The normalized spacial score (nSPS) is 14.9. The van der Waals surface area contributed by atoms with Crippen molar-refractivity contribution >= 4 is 35.2 Å². The summed E-state index contributed by atoms with van der Waals surface area (Å²) in [6.07, 6.45) is 0. The lowest BCUT2D eigenvalue weighted by molar-refractivity contribution is -0.120. The number of morpholine rings is 1. The number of hydrogen-bond acceptors (Lipinski definition) is 6. The number of hydrogen-bond donors (Lipinski definition) is 1. The molecule has 1 saturated heterocycles. The highest BCUT2D eigenvalue weighted by atomic mass is 35.5. The van der Waals surface area contributed by atoms with Crippen LogP contribution in [0.25, 0.3) is 5.69 Å². The number of nitrogens with zero attached hydrogens (tertiary/aromatic N) is 4. The fourth-order valence-electron chi connectivity index (χ4n) is 3.45. The van der Waals surface area contributed by atoms with Crippen LogP contribution in [0.15, 0.2) is 53.7 Å². The molecule has 0 spiro atoms. The molecule has 0 aliphatic carbocycles. The number of nitrogens with one attached hydrogen (secondary N) is 1. The molecule has 1 unspecified atom stereocenters. The third kappa shape index (κ3) is 5.43. The predicted molar refractivity (Wildman–Crippen MR) is 128 cm³/mol. The van der Waals surface area contributed by atoms with Gasteiger partial charge in [-0.15, -0.1) is 10.2 Å². The number of thioether (sulfide) groups is 1. The van der Waals surface area contributed by atoms with Crippen molar-refractivity contribution in [3.8, 4) is 5.69 Å². The number of carbonyl (C=O) groups is 1. The molecule has 1 aromatic heterocycles. The molecule has 4 rings (SSSR count). The maximum atomic E-state index is 12.8. The lowest BCUT2D eigenvalue weighted by atomic mass is 10.2. The molecule has 1 aliphatic rings. The first-order chi connectivity index (χ1) is 15.5. The van der Waals surface area contributed by atoms with Crippen LogP contribution in [0.3, 0.4) is 0 Å². The molecule has 1 fully saturated rings. The van der Waals surface area contributed by atoms with E-state index < -0.39 is 0 Å². The molecule has 7 nitrogen and oxygen atoms in total. The van der Waals surface area contributed by atoms with E-state index in [2.05, 4.69) is 39.5 Å². The van der Waals surface area contributed by atoms with Crippen molar-refractivity contribution in [2.75, 3.05) is 31.2 Å². The number of anilines is 1. The topological polar surface area (TPSA) is 72.3 Å². The second-order valence-electron chi connectivity index (χ2n) is 7.66. The van der Waals surface area contributed by atoms with E-state index in [-0.39, 0.29) is 11.2 Å². The zero-order chi connectivity index (χ0) is 22.5. The maximum Gasteiger partial charge on any atom is 0.233 e. The molecule has 32 heavy (non-hydrogen) atoms. The Hall–Kier alpha value is -2.55. The van der Waals surface area contributed by atoms with Crippen LogP contribution in [0.4, 0.5) is 5.95 Å². The quantitative estimate of drug-likeness (QED) is 0.527. The van der Waals surface area contributed by atoms with Crippen LogP contribution in [-0.2, 0) is 16.1 Å². The molecule has 1 aliphatic heterocycles. The Morgan fingerprint density at radius 1 is 1.19 bits per heavy atom. The SMILES string of the molecule is Cc1cccc(-n2c(SC(C)C(=O)NCc3ccc(Cl)cc3)nnc2N2CCOCC2)c1. The molecule has 2 heterocycles. The van der Waals surface area contributed by atoms with E-state index in [0.29, 0.717) is 29.9 Å². The minimum absolute atomic E-state index is 0.0586. The Morgan fingerprint density at radius 2 is 1.94 bits per heavy atom. The van der Waals surface area contributed by atoms with Gasteiger partial charge in [0, 0.05) is 24.7 Å². The number of halogens is 1. The zero-order valence-electron chi connectivity index (χ0n) is 18.1. The van der Waals surface area contributed by atoms with Crippen LogP contribution in [0.2, 0.25) is 5.02 Å². The Balaban J connectivity index is 1.52. The summed E-state index contributed by atoms with van der Waals surface area (Å²) in [6, 6.07) is 15.7. The molecular weight excluding hydrogens is 446 g/mol. The van der Waals surface area contributed by atoms with E-state index >= 15 is 0 Å². The second-order valence-corrected chi connectivity index (χ2v) is 9.41. The zero-order valence-corrected chi connectivity index (χ0v) is 19.7. The van der Waals surface area contributed by atoms with Crippen LogP contribution in [0.5, 0.6) is 0 Å². The number of aromatic nitrogens is 3. The molecular formula is C23H26ClN5O2S. The van der Waals surface area contributed by atoms with Gasteiger partial charge < -0.3 is 15.0 Å². The molecule has 2 aromatic carbocycles. The second kappa shape index (κ2) is 10.4. The standard InChI is InChI=1S/C23H26ClN5O2S/c1-16-4-3-5-20(14-16)29-22(28-10-12-31-13-11-28)26-27-23(29)32-17(2)21(30)25-15-18-6-8-19(24)9-7-18/h3-9,14,17H,10-13,15H2,1-2H3,(H,25,30). The van der Waals surface area contributed by atoms with E-state index in [1.54, 1.807) is 0 Å². The van der Waals surface area contributed by atoms with Gasteiger partial charge >= 0.3 is 0 Å². The number of rotatable bonds is 7. The van der Waals surface area contributed by atoms with E-state index in [4.69, 9.17) is 16.3 Å². The van der Waals surface area contributed by atoms with Gasteiger partial charge in [0.2, 0.25) is 11.9 Å². The van der Waals surface area contributed by atoms with E-state index in [1.807, 2.05) is 47.9 Å². The van der Waals surface area contributed by atoms with Crippen molar-refractivity contribution < 1.29 is 9.53 Å². The molecule has 1 amide bonds. The summed E-state index contributed by atoms with van der Waals surface area (Å²) in [6.45, 7) is 7.22. The summed E-state index contributed by atoms with van der Waals surface area (Å²) >= 11 is 7.33. The van der Waals surface area contributed by atoms with Crippen LogP contribution in [0, 0.1) is 6.92 Å². The predicted octanol–water partition coefficient (Wildman–Crippen LogP) is 3.86. The van der Waals surface area contributed by atoms with Crippen LogP contribution >= 0.6 is 23.4 Å². The highest BCUT2D eigenvalue weighted by Crippen LogP contribution is 2.30. The number of benzene rings is 2. The summed E-state index contributed by atoms with van der Waals surface area (Å²) in [5.74, 6) is 0.715. The Labute approximate surface area is 197 Å². The number of amides is 1. The number of aryl methyl sites for hydroxylation is 1. The Bertz CT molecular complexity index is 1070. The fraction of sp³-hybridized carbons (Fsp3) is 0.348. The lowest BCUT2D eigenvalue weighted by Crippen LogP contribution is -2.38. The summed E-state index contributed by atoms with van der Waals surface area (Å²) in [4.78, 5) is 14.9.